The molecule has 0 bridgehead atoms. The first-order valence-corrected chi connectivity index (χ1v) is 6.34. The van der Waals surface area contributed by atoms with Gasteiger partial charge in [-0.05, 0) is 12.2 Å². The first kappa shape index (κ1) is 19.7. The highest BCUT2D eigenvalue weighted by Gasteiger charge is 2.16. The van der Waals surface area contributed by atoms with Crippen LogP contribution in [0.5, 0.6) is 0 Å². The van der Waals surface area contributed by atoms with E-state index in [2.05, 4.69) is 22.6 Å². The van der Waals surface area contributed by atoms with Crippen molar-refractivity contribution in [2.45, 2.75) is 6.42 Å². The van der Waals surface area contributed by atoms with Crippen LogP contribution < -0.4 is 0 Å². The Morgan fingerprint density at radius 2 is 1.50 bits per heavy atom. The molecular weight excluding hydrogens is 335 g/mol. The minimum atomic E-state index is -1.33. The molecule has 0 aliphatic heterocycles. The Balaban J connectivity index is 4.94. The summed E-state index contributed by atoms with van der Waals surface area (Å²) >= 11 is 10.8. The molecule has 6 nitrogen and oxygen atoms in total. The maximum absolute atomic E-state index is 11.6. The van der Waals surface area contributed by atoms with Crippen LogP contribution >= 0.6 is 23.2 Å². The summed E-state index contributed by atoms with van der Waals surface area (Å²) in [5.74, 6) is -3.35. The number of esters is 2. The Morgan fingerprint density at radius 1 is 1.00 bits per heavy atom. The average Bonchev–Trinajstić information content (AvgIpc) is 2.36. The van der Waals surface area contributed by atoms with Crippen molar-refractivity contribution in [2.75, 3.05) is 0 Å². The lowest BCUT2D eigenvalue weighted by atomic mass is 10.2. The Morgan fingerprint density at radius 3 is 1.95 bits per heavy atom. The van der Waals surface area contributed by atoms with Crippen LogP contribution in [0.4, 0.5) is 0 Å². The smallest absolute Gasteiger partial charge is 0.339 e. The molecule has 22 heavy (non-hydrogen) atoms. The molecule has 1 N–H and O–H groups in total. The predicted molar refractivity (Wildman–Crippen MR) is 80.8 cm³/mol. The summed E-state index contributed by atoms with van der Waals surface area (Å²) in [5, 5.41) is 8.93. The topological polar surface area (TPSA) is 89.9 Å². The first-order chi connectivity index (χ1) is 10.2. The zero-order valence-corrected chi connectivity index (χ0v) is 12.8. The number of hydrogen-bond acceptors (Lipinski definition) is 5. The van der Waals surface area contributed by atoms with Gasteiger partial charge < -0.3 is 14.6 Å². The fourth-order valence-electron chi connectivity index (χ4n) is 0.942. The molecule has 0 heterocycles. The number of allylic oxidation sites excluding steroid dienone is 4. The van der Waals surface area contributed by atoms with Crippen LogP contribution in [0.15, 0.2) is 59.5 Å². The molecule has 0 amide bonds. The minimum Gasteiger partial charge on any atom is -0.481 e. The molecule has 0 aromatic rings. The average molecular weight is 347 g/mol. The summed E-state index contributed by atoms with van der Waals surface area (Å²) in [5.41, 5.74) is -0.416. The fourth-order valence-corrected chi connectivity index (χ4v) is 1.04. The Bertz CT molecular complexity index is 572. The van der Waals surface area contributed by atoms with Gasteiger partial charge in [-0.1, -0.05) is 36.4 Å². The first-order valence-electron chi connectivity index (χ1n) is 5.58. The lowest BCUT2D eigenvalue weighted by molar-refractivity contribution is -0.140. The monoisotopic (exact) mass is 346 g/mol. The summed E-state index contributed by atoms with van der Waals surface area (Å²) in [6.07, 6.45) is 4.18. The van der Waals surface area contributed by atoms with Gasteiger partial charge in [0.1, 0.15) is 0 Å². The van der Waals surface area contributed by atoms with Gasteiger partial charge in [-0.25, -0.2) is 9.59 Å². The SMILES string of the molecule is C=C(Cl)C=COC(=O)/C=C(\CC(=O)O)C(=O)OC=CC(=C)Cl. The third-order valence-electron chi connectivity index (χ3n) is 1.75. The number of rotatable bonds is 8. The largest absolute Gasteiger partial charge is 0.481 e. The number of aliphatic carboxylic acids is 1. The molecule has 0 aromatic carbocycles. The number of carboxylic acids is 1. The quantitative estimate of drug-likeness (QED) is 0.314. The molecule has 0 aliphatic rings. The van der Waals surface area contributed by atoms with Crippen molar-refractivity contribution < 1.29 is 29.0 Å². The third-order valence-corrected chi connectivity index (χ3v) is 2.00. The minimum absolute atomic E-state index is 0.0995. The molecule has 118 valence electrons. The fraction of sp³-hybridized carbons (Fsp3) is 0.0714. The summed E-state index contributed by atoms with van der Waals surface area (Å²) < 4.78 is 9.16. The highest BCUT2D eigenvalue weighted by molar-refractivity contribution is 6.31. The van der Waals surface area contributed by atoms with Gasteiger partial charge in [0.15, 0.2) is 0 Å². The van der Waals surface area contributed by atoms with Gasteiger partial charge >= 0.3 is 17.9 Å². The van der Waals surface area contributed by atoms with Crippen molar-refractivity contribution >= 4 is 41.1 Å². The lowest BCUT2D eigenvalue weighted by Gasteiger charge is -2.02. The normalized spacial score (nSPS) is 11.5. The predicted octanol–water partition coefficient (Wildman–Crippen LogP) is 3.01. The van der Waals surface area contributed by atoms with Crippen LogP contribution in [0.25, 0.3) is 0 Å². The molecule has 0 aliphatic carbocycles. The second-order valence-corrected chi connectivity index (χ2v) is 4.55. The highest BCUT2D eigenvalue weighted by atomic mass is 35.5. The van der Waals surface area contributed by atoms with Crippen molar-refractivity contribution in [1.29, 1.82) is 0 Å². The van der Waals surface area contributed by atoms with Crippen LogP contribution in [0.1, 0.15) is 6.42 Å². The summed E-state index contributed by atoms with van der Waals surface area (Å²) in [6.45, 7) is 6.64. The van der Waals surface area contributed by atoms with E-state index in [1.165, 1.54) is 12.2 Å². The van der Waals surface area contributed by atoms with E-state index >= 15 is 0 Å². The maximum Gasteiger partial charge on any atom is 0.339 e. The number of hydrogen-bond donors (Lipinski definition) is 1. The van der Waals surface area contributed by atoms with Crippen LogP contribution in [-0.2, 0) is 23.9 Å². The number of carboxylic acid groups (broad SMARTS) is 1. The van der Waals surface area contributed by atoms with Crippen LogP contribution in [0.3, 0.4) is 0 Å². The molecule has 0 rings (SSSR count). The van der Waals surface area contributed by atoms with Gasteiger partial charge in [0, 0.05) is 16.1 Å². The third kappa shape index (κ3) is 10.5. The molecule has 0 unspecified atom stereocenters. The van der Waals surface area contributed by atoms with Crippen molar-refractivity contribution in [3.8, 4) is 0 Å². The zero-order valence-electron chi connectivity index (χ0n) is 11.3. The Kier molecular flexibility index (Phi) is 9.33. The van der Waals surface area contributed by atoms with Crippen LogP contribution in [0, 0.1) is 0 Å². The molecule has 0 spiro atoms. The highest BCUT2D eigenvalue weighted by Crippen LogP contribution is 2.07. The summed E-state index contributed by atoms with van der Waals surface area (Å²) in [6, 6.07) is 0. The van der Waals surface area contributed by atoms with E-state index in [4.69, 9.17) is 28.3 Å². The standard InChI is InChI=1S/C14H12Cl2O6/c1-9(15)3-5-21-13(19)8-11(7-12(17)18)14(20)22-6-4-10(2)16/h3-6,8H,1-2,7H2,(H,17,18)/b5-3?,6-4?,11-8+. The van der Waals surface area contributed by atoms with Crippen molar-refractivity contribution in [3.05, 3.63) is 59.5 Å². The van der Waals surface area contributed by atoms with E-state index < -0.39 is 29.9 Å². The van der Waals surface area contributed by atoms with Gasteiger partial charge in [-0.2, -0.15) is 0 Å². The van der Waals surface area contributed by atoms with Crippen LogP contribution in [0.2, 0.25) is 0 Å². The molecular formula is C14H12Cl2O6. The molecule has 0 saturated heterocycles. The van der Waals surface area contributed by atoms with Gasteiger partial charge in [-0.15, -0.1) is 0 Å². The lowest BCUT2D eigenvalue weighted by Crippen LogP contribution is -2.11. The molecule has 0 saturated carbocycles. The van der Waals surface area contributed by atoms with Crippen molar-refractivity contribution in [1.82, 2.24) is 0 Å². The number of ether oxygens (including phenoxy) is 2. The number of halogens is 2. The van der Waals surface area contributed by atoms with Gasteiger partial charge in [0.05, 0.1) is 24.5 Å². The number of carbonyl (C=O) groups excluding carboxylic acids is 2. The van der Waals surface area contributed by atoms with Gasteiger partial charge in [0.25, 0.3) is 0 Å². The second-order valence-electron chi connectivity index (χ2n) is 3.58. The molecule has 0 aromatic heterocycles. The van der Waals surface area contributed by atoms with Gasteiger partial charge in [0.2, 0.25) is 0 Å². The van der Waals surface area contributed by atoms with Gasteiger partial charge in [-0.3, -0.25) is 4.79 Å². The van der Waals surface area contributed by atoms with E-state index in [1.54, 1.807) is 0 Å². The molecule has 0 fully saturated rings. The maximum atomic E-state index is 11.6. The Hall–Kier alpha value is -2.31. The molecule has 0 radical (unpaired) electrons. The summed E-state index contributed by atoms with van der Waals surface area (Å²) in [7, 11) is 0. The Labute approximate surface area is 136 Å². The van der Waals surface area contributed by atoms with E-state index in [0.29, 0.717) is 6.08 Å². The zero-order chi connectivity index (χ0) is 17.1. The van der Waals surface area contributed by atoms with Crippen molar-refractivity contribution in [3.63, 3.8) is 0 Å². The van der Waals surface area contributed by atoms with Crippen LogP contribution in [-0.4, -0.2) is 23.0 Å². The molecule has 8 heteroatoms. The van der Waals surface area contributed by atoms with E-state index in [0.717, 1.165) is 12.5 Å². The summed E-state index contributed by atoms with van der Waals surface area (Å²) in [4.78, 5) is 33.7. The number of carbonyl (C=O) groups is 3. The second kappa shape index (κ2) is 10.4. The van der Waals surface area contributed by atoms with Crippen molar-refractivity contribution in [2.24, 2.45) is 0 Å². The van der Waals surface area contributed by atoms with E-state index in [9.17, 15) is 14.4 Å². The molecule has 0 atom stereocenters. The van der Waals surface area contributed by atoms with E-state index in [-0.39, 0.29) is 10.1 Å². The van der Waals surface area contributed by atoms with E-state index in [1.807, 2.05) is 0 Å².